The van der Waals surface area contributed by atoms with E-state index in [1.54, 1.807) is 41.2 Å². The Balaban J connectivity index is 1.32. The summed E-state index contributed by atoms with van der Waals surface area (Å²) in [6.07, 6.45) is 5.83. The average molecular weight is 481 g/mol. The molecular weight excluding hydrogens is 456 g/mol. The highest BCUT2D eigenvalue weighted by atomic mass is 32.2. The first-order valence-corrected chi connectivity index (χ1v) is 12.6. The summed E-state index contributed by atoms with van der Waals surface area (Å²) in [6.45, 7) is 0.608. The lowest BCUT2D eigenvalue weighted by Gasteiger charge is -2.10. The van der Waals surface area contributed by atoms with E-state index in [-0.39, 0.29) is 16.5 Å². The van der Waals surface area contributed by atoms with E-state index in [0.717, 1.165) is 42.5 Å². The number of methoxy groups -OCH3 is 1. The molecule has 0 bridgehead atoms. The molecule has 10 nitrogen and oxygen atoms in total. The summed E-state index contributed by atoms with van der Waals surface area (Å²) in [7, 11) is -2.46. The summed E-state index contributed by atoms with van der Waals surface area (Å²) in [5, 5.41) is 17.2. The van der Waals surface area contributed by atoms with Gasteiger partial charge in [-0.05, 0) is 56.4 Å². The molecule has 1 aliphatic rings. The van der Waals surface area contributed by atoms with Crippen molar-refractivity contribution in [1.29, 1.82) is 0 Å². The highest BCUT2D eigenvalue weighted by molar-refractivity contribution is 7.90. The lowest BCUT2D eigenvalue weighted by Crippen LogP contribution is -2.16. The van der Waals surface area contributed by atoms with Gasteiger partial charge in [0.15, 0.2) is 11.3 Å². The van der Waals surface area contributed by atoms with E-state index < -0.39 is 16.0 Å². The van der Waals surface area contributed by atoms with Crippen LogP contribution < -0.4 is 0 Å². The molecule has 0 spiro atoms. The van der Waals surface area contributed by atoms with Crippen LogP contribution in [0.1, 0.15) is 53.5 Å². The van der Waals surface area contributed by atoms with E-state index >= 15 is 0 Å². The molecule has 11 heteroatoms. The zero-order chi connectivity index (χ0) is 23.7. The molecule has 0 unspecified atom stereocenters. The summed E-state index contributed by atoms with van der Waals surface area (Å²) in [5.41, 5.74) is 2.13. The molecule has 176 valence electrons. The topological polar surface area (TPSA) is 122 Å². The van der Waals surface area contributed by atoms with Gasteiger partial charge in [0, 0.05) is 23.5 Å². The minimum atomic E-state index is -3.76. The minimum Gasteiger partial charge on any atom is -0.464 e. The largest absolute Gasteiger partial charge is 0.464 e. The molecule has 1 aromatic carbocycles. The quantitative estimate of drug-likeness (QED) is 0.265. The third kappa shape index (κ3) is 4.30. The number of hydrogen-bond donors (Lipinski definition) is 0. The smallest absolute Gasteiger partial charge is 0.360 e. The van der Waals surface area contributed by atoms with Gasteiger partial charge in [0.25, 0.3) is 10.0 Å². The number of unbranched alkanes of at least 4 members (excludes halogenated alkanes) is 1. The molecule has 5 rings (SSSR count). The third-order valence-corrected chi connectivity index (χ3v) is 7.60. The van der Waals surface area contributed by atoms with Crippen LogP contribution in [0.2, 0.25) is 0 Å². The van der Waals surface area contributed by atoms with Crippen molar-refractivity contribution in [3.8, 4) is 0 Å². The van der Waals surface area contributed by atoms with E-state index in [4.69, 9.17) is 0 Å². The minimum absolute atomic E-state index is 0.181. The fourth-order valence-corrected chi connectivity index (χ4v) is 5.53. The van der Waals surface area contributed by atoms with Crippen molar-refractivity contribution >= 4 is 27.0 Å². The third-order valence-electron chi connectivity index (χ3n) is 5.86. The number of hydrogen-bond acceptors (Lipinski definition) is 8. The summed E-state index contributed by atoms with van der Waals surface area (Å²) in [4.78, 5) is 11.7. The van der Waals surface area contributed by atoms with Gasteiger partial charge < -0.3 is 4.74 Å². The molecule has 1 fully saturated rings. The van der Waals surface area contributed by atoms with E-state index in [1.165, 1.54) is 11.1 Å². The normalized spacial score (nSPS) is 13.9. The molecule has 0 saturated heterocycles. The maximum atomic E-state index is 13.4. The number of aryl methyl sites for hydroxylation is 2. The van der Waals surface area contributed by atoms with Crippen molar-refractivity contribution in [3.05, 3.63) is 65.7 Å². The molecule has 1 aliphatic carbocycles. The van der Waals surface area contributed by atoms with Gasteiger partial charge in [-0.15, -0.1) is 10.2 Å². The Hall–Kier alpha value is -3.60. The highest BCUT2D eigenvalue weighted by Crippen LogP contribution is 2.43. The summed E-state index contributed by atoms with van der Waals surface area (Å²) in [5.74, 6) is -0.282. The second kappa shape index (κ2) is 8.98. The Morgan fingerprint density at radius 1 is 1.09 bits per heavy atom. The summed E-state index contributed by atoms with van der Waals surface area (Å²) in [6, 6.07) is 12.3. The number of aromatic nitrogens is 6. The van der Waals surface area contributed by atoms with E-state index in [2.05, 4.69) is 25.2 Å². The fraction of sp³-hybridized carbons (Fsp3) is 0.348. The van der Waals surface area contributed by atoms with E-state index in [1.807, 2.05) is 12.1 Å². The van der Waals surface area contributed by atoms with Gasteiger partial charge in [0.2, 0.25) is 0 Å². The number of benzene rings is 1. The first kappa shape index (κ1) is 22.2. The molecule has 3 heterocycles. The Bertz CT molecular complexity index is 1440. The second-order valence-corrected chi connectivity index (χ2v) is 10.1. The lowest BCUT2D eigenvalue weighted by atomic mass is 10.1. The predicted octanol–water partition coefficient (Wildman–Crippen LogP) is 2.95. The lowest BCUT2D eigenvalue weighted by molar-refractivity contribution is 0.0594. The summed E-state index contributed by atoms with van der Waals surface area (Å²) < 4.78 is 34.4. The molecule has 0 amide bonds. The van der Waals surface area contributed by atoms with Crippen molar-refractivity contribution in [2.45, 2.75) is 49.5 Å². The first-order chi connectivity index (χ1) is 16.5. The second-order valence-electron chi connectivity index (χ2n) is 8.36. The van der Waals surface area contributed by atoms with Gasteiger partial charge >= 0.3 is 5.97 Å². The van der Waals surface area contributed by atoms with Crippen molar-refractivity contribution < 1.29 is 17.9 Å². The standard InChI is InChI=1S/C23H24N6O4S/c1-33-23(30)20-15-28(27-25-20)12-6-5-7-18-13-17-14-21(16-10-11-16)29(22(17)26-24-18)34(31,32)19-8-3-2-4-9-19/h2-4,8-9,13-16H,5-7,10-12H2,1H3. The monoisotopic (exact) mass is 480 g/mol. The van der Waals surface area contributed by atoms with Gasteiger partial charge in [-0.25, -0.2) is 17.2 Å². The molecule has 0 radical (unpaired) electrons. The Labute approximate surface area is 196 Å². The maximum absolute atomic E-state index is 13.4. The first-order valence-electron chi connectivity index (χ1n) is 11.1. The predicted molar refractivity (Wildman–Crippen MR) is 123 cm³/mol. The van der Waals surface area contributed by atoms with E-state index in [0.29, 0.717) is 18.6 Å². The van der Waals surface area contributed by atoms with Crippen LogP contribution in [-0.4, -0.2) is 50.7 Å². The Kier molecular flexibility index (Phi) is 5.86. The maximum Gasteiger partial charge on any atom is 0.360 e. The molecule has 4 aromatic rings. The molecule has 0 N–H and O–H groups in total. The molecule has 34 heavy (non-hydrogen) atoms. The van der Waals surface area contributed by atoms with Crippen molar-refractivity contribution in [3.63, 3.8) is 0 Å². The van der Waals surface area contributed by atoms with Crippen LogP contribution in [0.25, 0.3) is 11.0 Å². The van der Waals surface area contributed by atoms with Gasteiger partial charge in [-0.2, -0.15) is 5.10 Å². The zero-order valence-corrected chi connectivity index (χ0v) is 19.5. The number of nitrogens with zero attached hydrogens (tertiary/aromatic N) is 6. The molecule has 0 aliphatic heterocycles. The number of rotatable bonds is 9. The summed E-state index contributed by atoms with van der Waals surface area (Å²) >= 11 is 0. The van der Waals surface area contributed by atoms with Crippen LogP contribution in [0.3, 0.4) is 0 Å². The van der Waals surface area contributed by atoms with Gasteiger partial charge in [-0.3, -0.25) is 4.68 Å². The van der Waals surface area contributed by atoms with E-state index in [9.17, 15) is 13.2 Å². The van der Waals surface area contributed by atoms with Gasteiger partial charge in [-0.1, -0.05) is 23.4 Å². The fourth-order valence-electron chi connectivity index (χ4n) is 3.97. The van der Waals surface area contributed by atoms with Crippen LogP contribution in [0.4, 0.5) is 0 Å². The van der Waals surface area contributed by atoms with Gasteiger partial charge in [0.05, 0.1) is 23.9 Å². The Morgan fingerprint density at radius 2 is 1.88 bits per heavy atom. The molecular formula is C23H24N6O4S. The SMILES string of the molecule is COC(=O)c1cn(CCCCc2cc3cc(C4CC4)n(S(=O)(=O)c4ccccc4)c3nn2)nn1. The zero-order valence-electron chi connectivity index (χ0n) is 18.7. The molecule has 1 saturated carbocycles. The Morgan fingerprint density at radius 3 is 2.62 bits per heavy atom. The highest BCUT2D eigenvalue weighted by Gasteiger charge is 2.33. The van der Waals surface area contributed by atoms with Crippen LogP contribution in [0.5, 0.6) is 0 Å². The molecule has 3 aromatic heterocycles. The van der Waals surface area contributed by atoms with Crippen LogP contribution in [0, 0.1) is 0 Å². The van der Waals surface area contributed by atoms with Crippen molar-refractivity contribution in [2.75, 3.05) is 7.11 Å². The number of esters is 1. The number of carbonyl (C=O) groups excluding carboxylic acids is 1. The van der Waals surface area contributed by atoms with Crippen LogP contribution in [0.15, 0.2) is 53.6 Å². The average Bonchev–Trinajstić information content (AvgIpc) is 3.46. The van der Waals surface area contributed by atoms with Crippen molar-refractivity contribution in [2.24, 2.45) is 0 Å². The number of ether oxygens (including phenoxy) is 1. The number of carbonyl (C=O) groups is 1. The number of fused-ring (bicyclic) bond motifs is 1. The van der Waals surface area contributed by atoms with Crippen LogP contribution >= 0.6 is 0 Å². The van der Waals surface area contributed by atoms with Gasteiger partial charge in [0.1, 0.15) is 0 Å². The molecule has 0 atom stereocenters. The van der Waals surface area contributed by atoms with Crippen LogP contribution in [-0.2, 0) is 27.7 Å². The van der Waals surface area contributed by atoms with Crippen molar-refractivity contribution in [1.82, 2.24) is 29.2 Å².